The topological polar surface area (TPSA) is 70.6 Å². The van der Waals surface area contributed by atoms with Gasteiger partial charge in [0, 0.05) is 41.8 Å². The maximum atomic E-state index is 12.0. The van der Waals surface area contributed by atoms with Gasteiger partial charge in [0.25, 0.3) is 5.91 Å². The van der Waals surface area contributed by atoms with Gasteiger partial charge in [-0.1, -0.05) is 12.5 Å². The zero-order valence-electron chi connectivity index (χ0n) is 13.3. The minimum absolute atomic E-state index is 0.0443. The summed E-state index contributed by atoms with van der Waals surface area (Å²) in [5.41, 5.74) is 1.96. The molecule has 1 saturated heterocycles. The lowest BCUT2D eigenvalue weighted by molar-refractivity contribution is -0.158. The molecule has 1 aromatic rings. The summed E-state index contributed by atoms with van der Waals surface area (Å²) in [6, 6.07) is 8.12. The van der Waals surface area contributed by atoms with E-state index in [1.807, 2.05) is 18.2 Å². The zero-order chi connectivity index (χ0) is 15.9. The number of benzene rings is 1. The zero-order valence-corrected chi connectivity index (χ0v) is 13.3. The molecular formula is C18H24N2O3. The molecule has 0 radical (unpaired) electrons. The van der Waals surface area contributed by atoms with E-state index in [0.29, 0.717) is 29.0 Å². The van der Waals surface area contributed by atoms with Gasteiger partial charge >= 0.3 is 0 Å². The molecule has 3 N–H and O–H groups in total. The fourth-order valence-corrected chi connectivity index (χ4v) is 4.66. The van der Waals surface area contributed by atoms with E-state index in [2.05, 4.69) is 10.6 Å². The largest absolute Gasteiger partial charge is 0.395 e. The molecule has 3 fully saturated rings. The summed E-state index contributed by atoms with van der Waals surface area (Å²) >= 11 is 0. The van der Waals surface area contributed by atoms with Crippen molar-refractivity contribution in [3.63, 3.8) is 0 Å². The van der Waals surface area contributed by atoms with E-state index in [0.717, 1.165) is 18.7 Å². The Labute approximate surface area is 136 Å². The lowest BCUT2D eigenvalue weighted by Gasteiger charge is -2.63. The second-order valence-electron chi connectivity index (χ2n) is 7.01. The molecule has 3 atom stereocenters. The fraction of sp³-hybridized carbons (Fsp3) is 0.611. The van der Waals surface area contributed by atoms with Crippen LogP contribution in [-0.2, 0) is 4.74 Å². The van der Waals surface area contributed by atoms with Crippen molar-refractivity contribution in [3.8, 4) is 0 Å². The van der Waals surface area contributed by atoms with E-state index < -0.39 is 0 Å². The molecule has 1 aliphatic heterocycles. The average molecular weight is 316 g/mol. The van der Waals surface area contributed by atoms with Crippen LogP contribution in [0.1, 0.15) is 36.0 Å². The van der Waals surface area contributed by atoms with E-state index in [-0.39, 0.29) is 19.1 Å². The third-order valence-corrected chi connectivity index (χ3v) is 5.88. The van der Waals surface area contributed by atoms with Crippen molar-refractivity contribution in [2.45, 2.75) is 37.8 Å². The minimum atomic E-state index is -0.142. The molecule has 0 aromatic heterocycles. The highest BCUT2D eigenvalue weighted by Gasteiger charge is 2.66. The van der Waals surface area contributed by atoms with Crippen LogP contribution in [0.2, 0.25) is 0 Å². The lowest BCUT2D eigenvalue weighted by atomic mass is 9.46. The van der Waals surface area contributed by atoms with Crippen LogP contribution < -0.4 is 10.6 Å². The van der Waals surface area contributed by atoms with Gasteiger partial charge in [0.1, 0.15) is 0 Å². The van der Waals surface area contributed by atoms with E-state index in [1.165, 1.54) is 19.3 Å². The number of carbonyl (C=O) groups excluding carboxylic acids is 1. The number of fused-ring (bicyclic) bond motifs is 2. The summed E-state index contributed by atoms with van der Waals surface area (Å²) in [6.07, 6.45) is 5.39. The van der Waals surface area contributed by atoms with Gasteiger partial charge in [0.05, 0.1) is 12.7 Å². The predicted molar refractivity (Wildman–Crippen MR) is 87.4 cm³/mol. The second-order valence-corrected chi connectivity index (χ2v) is 7.01. The Balaban J connectivity index is 1.47. The molecule has 5 nitrogen and oxygen atoms in total. The number of ether oxygens (including phenoxy) is 1. The molecule has 3 aliphatic rings. The number of amides is 1. The molecule has 4 rings (SSSR count). The molecule has 1 aromatic carbocycles. The molecule has 2 aliphatic carbocycles. The molecular weight excluding hydrogens is 292 g/mol. The van der Waals surface area contributed by atoms with Crippen LogP contribution in [-0.4, -0.2) is 42.9 Å². The van der Waals surface area contributed by atoms with Crippen LogP contribution >= 0.6 is 0 Å². The number of hydrogen-bond acceptors (Lipinski definition) is 4. The highest BCUT2D eigenvalue weighted by atomic mass is 16.5. The Morgan fingerprint density at radius 3 is 3.00 bits per heavy atom. The molecule has 5 heteroatoms. The van der Waals surface area contributed by atoms with Gasteiger partial charge in [-0.05, 0) is 37.5 Å². The average Bonchev–Trinajstić information content (AvgIpc) is 2.94. The van der Waals surface area contributed by atoms with E-state index in [1.54, 1.807) is 6.07 Å². The van der Waals surface area contributed by atoms with Gasteiger partial charge in [-0.25, -0.2) is 0 Å². The molecule has 1 amide bonds. The number of anilines is 1. The van der Waals surface area contributed by atoms with E-state index in [4.69, 9.17) is 9.84 Å². The Morgan fingerprint density at radius 2 is 2.26 bits per heavy atom. The first-order valence-corrected chi connectivity index (χ1v) is 8.62. The molecule has 2 saturated carbocycles. The normalized spacial score (nSPS) is 30.2. The number of hydrogen-bond donors (Lipinski definition) is 3. The first-order valence-electron chi connectivity index (χ1n) is 8.62. The summed E-state index contributed by atoms with van der Waals surface area (Å²) in [6.45, 7) is 1.12. The standard InChI is InChI=1S/C18H24N2O3/c21-9-8-19-17(22)12-3-1-4-13(11-12)20-15-14-5-10-23-16(14)18(15)6-2-7-18/h1,3-4,11,14-16,20-21H,2,5-10H2,(H,19,22). The fourth-order valence-electron chi connectivity index (χ4n) is 4.66. The first kappa shape index (κ1) is 15.0. The third kappa shape index (κ3) is 2.34. The van der Waals surface area contributed by atoms with Crippen molar-refractivity contribution >= 4 is 11.6 Å². The highest BCUT2D eigenvalue weighted by molar-refractivity contribution is 5.95. The first-order chi connectivity index (χ1) is 11.2. The molecule has 1 spiro atoms. The summed E-state index contributed by atoms with van der Waals surface area (Å²) in [7, 11) is 0. The summed E-state index contributed by atoms with van der Waals surface area (Å²) in [4.78, 5) is 12.0. The monoisotopic (exact) mass is 316 g/mol. The number of nitrogens with one attached hydrogen (secondary N) is 2. The van der Waals surface area contributed by atoms with Gasteiger partial charge in [-0.3, -0.25) is 4.79 Å². The summed E-state index contributed by atoms with van der Waals surface area (Å²) < 4.78 is 5.96. The number of aliphatic hydroxyl groups excluding tert-OH is 1. The van der Waals surface area contributed by atoms with Crippen LogP contribution in [0.5, 0.6) is 0 Å². The van der Waals surface area contributed by atoms with Crippen LogP contribution in [0.25, 0.3) is 0 Å². The van der Waals surface area contributed by atoms with Crippen molar-refractivity contribution in [1.29, 1.82) is 0 Å². The van der Waals surface area contributed by atoms with Gasteiger partial charge in [-0.15, -0.1) is 0 Å². The Kier molecular flexibility index (Phi) is 3.77. The molecule has 1 heterocycles. The van der Waals surface area contributed by atoms with Crippen LogP contribution in [0.3, 0.4) is 0 Å². The van der Waals surface area contributed by atoms with Crippen LogP contribution in [0.4, 0.5) is 5.69 Å². The van der Waals surface area contributed by atoms with Gasteiger partial charge in [0.2, 0.25) is 0 Å². The molecule has 0 bridgehead atoms. The van der Waals surface area contributed by atoms with E-state index in [9.17, 15) is 4.79 Å². The number of aliphatic hydroxyl groups is 1. The van der Waals surface area contributed by atoms with Crippen molar-refractivity contribution < 1.29 is 14.6 Å². The molecule has 124 valence electrons. The van der Waals surface area contributed by atoms with Gasteiger partial charge in [-0.2, -0.15) is 0 Å². The summed E-state index contributed by atoms with van der Waals surface area (Å²) in [5, 5.41) is 15.2. The SMILES string of the molecule is O=C(NCCO)c1cccc(NC2C3CCOC3C23CCC3)c1. The Morgan fingerprint density at radius 1 is 1.39 bits per heavy atom. The molecule has 23 heavy (non-hydrogen) atoms. The second kappa shape index (κ2) is 5.80. The maximum Gasteiger partial charge on any atom is 0.251 e. The van der Waals surface area contributed by atoms with Crippen molar-refractivity contribution in [2.24, 2.45) is 11.3 Å². The minimum Gasteiger partial charge on any atom is -0.395 e. The molecule has 3 unspecified atom stereocenters. The van der Waals surface area contributed by atoms with E-state index >= 15 is 0 Å². The lowest BCUT2D eigenvalue weighted by Crippen LogP contribution is -2.68. The van der Waals surface area contributed by atoms with Crippen LogP contribution in [0.15, 0.2) is 24.3 Å². The Bertz CT molecular complexity index is 600. The third-order valence-electron chi connectivity index (χ3n) is 5.88. The maximum absolute atomic E-state index is 12.0. The quantitative estimate of drug-likeness (QED) is 0.774. The van der Waals surface area contributed by atoms with Gasteiger partial charge < -0.3 is 20.5 Å². The number of carbonyl (C=O) groups is 1. The van der Waals surface area contributed by atoms with Crippen molar-refractivity contribution in [1.82, 2.24) is 5.32 Å². The smallest absolute Gasteiger partial charge is 0.251 e. The van der Waals surface area contributed by atoms with Crippen molar-refractivity contribution in [3.05, 3.63) is 29.8 Å². The van der Waals surface area contributed by atoms with Gasteiger partial charge in [0.15, 0.2) is 0 Å². The predicted octanol–water partition coefficient (Wildman–Crippen LogP) is 1.78. The highest BCUT2D eigenvalue weighted by Crippen LogP contribution is 2.63. The summed E-state index contributed by atoms with van der Waals surface area (Å²) in [5.74, 6) is 0.471. The van der Waals surface area contributed by atoms with Crippen LogP contribution in [0, 0.1) is 11.3 Å². The van der Waals surface area contributed by atoms with Crippen molar-refractivity contribution in [2.75, 3.05) is 25.1 Å². The Hall–Kier alpha value is -1.59. The number of rotatable bonds is 5.